The van der Waals surface area contributed by atoms with Gasteiger partial charge in [0.05, 0.1) is 31.5 Å². The molecular weight excluding hydrogens is 355 g/mol. The molecule has 8 heteroatoms. The third-order valence-corrected chi connectivity index (χ3v) is 4.06. The lowest BCUT2D eigenvalue weighted by Gasteiger charge is -2.23. The summed E-state index contributed by atoms with van der Waals surface area (Å²) in [4.78, 5) is 12.0. The summed E-state index contributed by atoms with van der Waals surface area (Å²) in [5, 5.41) is 6.68. The number of rotatable bonds is 4. The van der Waals surface area contributed by atoms with Crippen LogP contribution in [0.1, 0.15) is 18.4 Å². The standard InChI is InChI=1S/C16H21ClN2O4.ClH/c17-13-6-11(7-14-16(13)23-4-1-3-22-14)9-19-15(20)8-12-10-21-5-2-18-12;/h6-7,12,18H,1-5,8-10H2,(H,19,20);1H. The van der Waals surface area contributed by atoms with Crippen LogP contribution in [0.5, 0.6) is 11.5 Å². The van der Waals surface area contributed by atoms with E-state index in [9.17, 15) is 4.79 Å². The number of ether oxygens (including phenoxy) is 3. The number of carbonyl (C=O) groups is 1. The van der Waals surface area contributed by atoms with Crippen LogP contribution in [0.4, 0.5) is 0 Å². The summed E-state index contributed by atoms with van der Waals surface area (Å²) in [7, 11) is 0. The number of amides is 1. The van der Waals surface area contributed by atoms with Gasteiger partial charge in [0.2, 0.25) is 5.91 Å². The summed E-state index contributed by atoms with van der Waals surface area (Å²) in [6.07, 6.45) is 1.23. The van der Waals surface area contributed by atoms with Crippen molar-refractivity contribution in [1.82, 2.24) is 10.6 Å². The molecule has 1 aromatic carbocycles. The summed E-state index contributed by atoms with van der Waals surface area (Å²) < 4.78 is 16.6. The van der Waals surface area contributed by atoms with Crippen LogP contribution in [0.25, 0.3) is 0 Å². The van der Waals surface area contributed by atoms with E-state index >= 15 is 0 Å². The quantitative estimate of drug-likeness (QED) is 0.839. The number of benzene rings is 1. The van der Waals surface area contributed by atoms with Crippen LogP contribution < -0.4 is 20.1 Å². The number of hydrogen-bond donors (Lipinski definition) is 2. The maximum absolute atomic E-state index is 12.0. The average Bonchev–Trinajstić information content (AvgIpc) is 2.80. The van der Waals surface area contributed by atoms with Crippen molar-refractivity contribution in [2.45, 2.75) is 25.4 Å². The fraction of sp³-hybridized carbons (Fsp3) is 0.562. The highest BCUT2D eigenvalue weighted by molar-refractivity contribution is 6.32. The van der Waals surface area contributed by atoms with Crippen LogP contribution in [-0.4, -0.2) is 44.9 Å². The highest BCUT2D eigenvalue weighted by Gasteiger charge is 2.18. The van der Waals surface area contributed by atoms with Crippen LogP contribution in [-0.2, 0) is 16.1 Å². The number of fused-ring (bicyclic) bond motifs is 1. The normalized spacial score (nSPS) is 19.8. The number of halogens is 2. The summed E-state index contributed by atoms with van der Waals surface area (Å²) in [5.74, 6) is 1.21. The fourth-order valence-corrected chi connectivity index (χ4v) is 2.92. The van der Waals surface area contributed by atoms with Gasteiger partial charge < -0.3 is 24.8 Å². The first-order valence-corrected chi connectivity index (χ1v) is 8.26. The number of morpholine rings is 1. The lowest BCUT2D eigenvalue weighted by Crippen LogP contribution is -2.44. The zero-order valence-corrected chi connectivity index (χ0v) is 14.9. The van der Waals surface area contributed by atoms with E-state index in [1.807, 2.05) is 6.07 Å². The Kier molecular flexibility index (Phi) is 7.42. The van der Waals surface area contributed by atoms with Crippen molar-refractivity contribution in [3.63, 3.8) is 0 Å². The van der Waals surface area contributed by atoms with E-state index in [0.29, 0.717) is 55.9 Å². The van der Waals surface area contributed by atoms with Crippen molar-refractivity contribution in [2.24, 2.45) is 0 Å². The van der Waals surface area contributed by atoms with E-state index in [-0.39, 0.29) is 24.4 Å². The van der Waals surface area contributed by atoms with E-state index in [1.165, 1.54) is 0 Å². The molecule has 0 radical (unpaired) electrons. The molecule has 134 valence electrons. The van der Waals surface area contributed by atoms with Gasteiger partial charge in [-0.05, 0) is 17.7 Å². The van der Waals surface area contributed by atoms with Crippen molar-refractivity contribution in [3.8, 4) is 11.5 Å². The molecule has 1 unspecified atom stereocenters. The highest BCUT2D eigenvalue weighted by atomic mass is 35.5. The lowest BCUT2D eigenvalue weighted by molar-refractivity contribution is -0.122. The molecular formula is C16H22Cl2N2O4. The largest absolute Gasteiger partial charge is 0.489 e. The van der Waals surface area contributed by atoms with E-state index in [4.69, 9.17) is 25.8 Å². The molecule has 0 aromatic heterocycles. The highest BCUT2D eigenvalue weighted by Crippen LogP contribution is 2.37. The van der Waals surface area contributed by atoms with Crippen LogP contribution >= 0.6 is 24.0 Å². The van der Waals surface area contributed by atoms with Gasteiger partial charge >= 0.3 is 0 Å². The monoisotopic (exact) mass is 376 g/mol. The number of nitrogens with one attached hydrogen (secondary N) is 2. The Morgan fingerprint density at radius 2 is 2.12 bits per heavy atom. The fourth-order valence-electron chi connectivity index (χ4n) is 2.63. The van der Waals surface area contributed by atoms with Gasteiger partial charge in [-0.15, -0.1) is 12.4 Å². The molecule has 24 heavy (non-hydrogen) atoms. The van der Waals surface area contributed by atoms with E-state index in [0.717, 1.165) is 18.5 Å². The Balaban J connectivity index is 0.00000208. The van der Waals surface area contributed by atoms with Crippen LogP contribution in [0.15, 0.2) is 12.1 Å². The van der Waals surface area contributed by atoms with Gasteiger partial charge in [-0.1, -0.05) is 11.6 Å². The van der Waals surface area contributed by atoms with Crippen LogP contribution in [0, 0.1) is 0 Å². The molecule has 2 aliphatic rings. The minimum Gasteiger partial charge on any atom is -0.489 e. The van der Waals surface area contributed by atoms with Gasteiger partial charge in [-0.2, -0.15) is 0 Å². The second-order valence-corrected chi connectivity index (χ2v) is 6.07. The maximum Gasteiger partial charge on any atom is 0.221 e. The van der Waals surface area contributed by atoms with Crippen LogP contribution in [0.2, 0.25) is 5.02 Å². The second-order valence-electron chi connectivity index (χ2n) is 5.66. The first kappa shape index (κ1) is 19.1. The smallest absolute Gasteiger partial charge is 0.221 e. The minimum atomic E-state index is -0.0174. The summed E-state index contributed by atoms with van der Waals surface area (Å²) in [6, 6.07) is 3.75. The summed E-state index contributed by atoms with van der Waals surface area (Å²) in [5.41, 5.74) is 0.889. The first-order valence-electron chi connectivity index (χ1n) is 7.88. The van der Waals surface area contributed by atoms with Crippen molar-refractivity contribution in [2.75, 3.05) is 33.0 Å². The number of hydrogen-bond acceptors (Lipinski definition) is 5. The first-order chi connectivity index (χ1) is 11.2. The van der Waals surface area contributed by atoms with E-state index < -0.39 is 0 Å². The molecule has 0 spiro atoms. The second kappa shape index (κ2) is 9.32. The molecule has 1 aromatic rings. The molecule has 2 aliphatic heterocycles. The maximum atomic E-state index is 12.0. The van der Waals surface area contributed by atoms with Gasteiger partial charge in [-0.3, -0.25) is 4.79 Å². The zero-order valence-electron chi connectivity index (χ0n) is 13.3. The molecule has 1 fully saturated rings. The van der Waals surface area contributed by atoms with Gasteiger partial charge in [0.15, 0.2) is 11.5 Å². The zero-order chi connectivity index (χ0) is 16.1. The SMILES string of the molecule is Cl.O=C(CC1COCCN1)NCc1cc(Cl)c2c(c1)OCCCO2. The molecule has 1 saturated heterocycles. The van der Waals surface area contributed by atoms with Crippen molar-refractivity contribution in [1.29, 1.82) is 0 Å². The topological polar surface area (TPSA) is 68.8 Å². The predicted molar refractivity (Wildman–Crippen MR) is 93.4 cm³/mol. The Morgan fingerprint density at radius 3 is 2.92 bits per heavy atom. The molecule has 0 saturated carbocycles. The van der Waals surface area contributed by atoms with Crippen molar-refractivity contribution in [3.05, 3.63) is 22.7 Å². The van der Waals surface area contributed by atoms with E-state index in [2.05, 4.69) is 10.6 Å². The molecule has 1 amide bonds. The molecule has 0 bridgehead atoms. The number of carbonyl (C=O) groups excluding carboxylic acids is 1. The van der Waals surface area contributed by atoms with Crippen molar-refractivity contribution < 1.29 is 19.0 Å². The Labute approximate surface area is 152 Å². The Bertz CT molecular complexity index is 565. The predicted octanol–water partition coefficient (Wildman–Crippen LogP) is 1.92. The van der Waals surface area contributed by atoms with Gasteiger partial charge in [0.1, 0.15) is 0 Å². The average molecular weight is 377 g/mol. The lowest BCUT2D eigenvalue weighted by atomic mass is 10.1. The van der Waals surface area contributed by atoms with E-state index in [1.54, 1.807) is 6.07 Å². The Hall–Kier alpha value is -1.21. The van der Waals surface area contributed by atoms with Crippen LogP contribution in [0.3, 0.4) is 0 Å². The summed E-state index contributed by atoms with van der Waals surface area (Å²) >= 11 is 6.25. The minimum absolute atomic E-state index is 0. The molecule has 2 N–H and O–H groups in total. The van der Waals surface area contributed by atoms with Crippen molar-refractivity contribution >= 4 is 29.9 Å². The molecule has 6 nitrogen and oxygen atoms in total. The summed E-state index contributed by atoms with van der Waals surface area (Å²) in [6.45, 7) is 3.67. The molecule has 0 aliphatic carbocycles. The third kappa shape index (κ3) is 5.14. The molecule has 2 heterocycles. The third-order valence-electron chi connectivity index (χ3n) is 3.78. The van der Waals surface area contributed by atoms with Gasteiger partial charge in [0, 0.05) is 32.0 Å². The molecule has 3 rings (SSSR count). The Morgan fingerprint density at radius 1 is 1.29 bits per heavy atom. The van der Waals surface area contributed by atoms with Gasteiger partial charge in [0.25, 0.3) is 0 Å². The van der Waals surface area contributed by atoms with Gasteiger partial charge in [-0.25, -0.2) is 0 Å². The molecule has 1 atom stereocenters.